The summed E-state index contributed by atoms with van der Waals surface area (Å²) in [4.78, 5) is 22.3. The zero-order valence-electron chi connectivity index (χ0n) is 11.8. The standard InChI is InChI=1S/C12H22O7/c1-5-9(8-18-10(14)16-4)12(2,3)19-11(15)17-7-6-13/h9,13H,5-8H2,1-4H3. The lowest BCUT2D eigenvalue weighted by Gasteiger charge is -2.32. The van der Waals surface area contributed by atoms with Gasteiger partial charge in [-0.3, -0.25) is 0 Å². The zero-order valence-corrected chi connectivity index (χ0v) is 11.8. The molecule has 0 aliphatic rings. The van der Waals surface area contributed by atoms with E-state index in [9.17, 15) is 9.59 Å². The highest BCUT2D eigenvalue weighted by molar-refractivity contribution is 5.60. The third-order valence-electron chi connectivity index (χ3n) is 2.70. The van der Waals surface area contributed by atoms with E-state index in [1.165, 1.54) is 7.11 Å². The Morgan fingerprint density at radius 3 is 2.32 bits per heavy atom. The Balaban J connectivity index is 4.38. The first-order chi connectivity index (χ1) is 8.87. The second-order valence-electron chi connectivity index (χ2n) is 4.40. The summed E-state index contributed by atoms with van der Waals surface area (Å²) >= 11 is 0. The number of hydrogen-bond acceptors (Lipinski definition) is 7. The van der Waals surface area contributed by atoms with Gasteiger partial charge in [-0.15, -0.1) is 0 Å². The van der Waals surface area contributed by atoms with Gasteiger partial charge in [0.25, 0.3) is 0 Å². The third kappa shape index (κ3) is 6.85. The van der Waals surface area contributed by atoms with Crippen molar-refractivity contribution in [2.75, 3.05) is 26.9 Å². The highest BCUT2D eigenvalue weighted by Gasteiger charge is 2.34. The van der Waals surface area contributed by atoms with Crippen molar-refractivity contribution in [2.45, 2.75) is 32.8 Å². The van der Waals surface area contributed by atoms with E-state index in [0.717, 1.165) is 0 Å². The van der Waals surface area contributed by atoms with Crippen molar-refractivity contribution < 1.29 is 33.6 Å². The van der Waals surface area contributed by atoms with Crippen molar-refractivity contribution in [2.24, 2.45) is 5.92 Å². The van der Waals surface area contributed by atoms with Crippen LogP contribution in [0.25, 0.3) is 0 Å². The van der Waals surface area contributed by atoms with Gasteiger partial charge in [0.15, 0.2) is 0 Å². The van der Waals surface area contributed by atoms with Crippen LogP contribution in [0.4, 0.5) is 9.59 Å². The van der Waals surface area contributed by atoms with Crippen LogP contribution in [0.15, 0.2) is 0 Å². The van der Waals surface area contributed by atoms with Gasteiger partial charge in [-0.05, 0) is 20.3 Å². The van der Waals surface area contributed by atoms with E-state index in [1.807, 2.05) is 6.92 Å². The smallest absolute Gasteiger partial charge is 0.438 e. The fourth-order valence-corrected chi connectivity index (χ4v) is 1.49. The predicted molar refractivity (Wildman–Crippen MR) is 65.7 cm³/mol. The van der Waals surface area contributed by atoms with Crippen molar-refractivity contribution >= 4 is 12.3 Å². The molecule has 0 rings (SSSR count). The summed E-state index contributed by atoms with van der Waals surface area (Å²) in [5.74, 6) is -0.201. The topological polar surface area (TPSA) is 91.3 Å². The number of aliphatic hydroxyl groups is 1. The van der Waals surface area contributed by atoms with E-state index in [4.69, 9.17) is 14.6 Å². The molecular weight excluding hydrogens is 256 g/mol. The Bertz CT molecular complexity index is 288. The number of hydrogen-bond donors (Lipinski definition) is 1. The molecule has 7 heteroatoms. The summed E-state index contributed by atoms with van der Waals surface area (Å²) in [7, 11) is 1.22. The summed E-state index contributed by atoms with van der Waals surface area (Å²) in [5, 5.41) is 8.54. The summed E-state index contributed by atoms with van der Waals surface area (Å²) < 4.78 is 19.0. The van der Waals surface area contributed by atoms with Crippen LogP contribution in [0, 0.1) is 5.92 Å². The minimum Gasteiger partial charge on any atom is -0.438 e. The molecule has 0 saturated carbocycles. The number of methoxy groups -OCH3 is 1. The van der Waals surface area contributed by atoms with Crippen molar-refractivity contribution in [3.63, 3.8) is 0 Å². The number of carbonyl (C=O) groups is 2. The van der Waals surface area contributed by atoms with Gasteiger partial charge in [-0.2, -0.15) is 0 Å². The fraction of sp³-hybridized carbons (Fsp3) is 0.833. The molecule has 0 amide bonds. The number of ether oxygens (including phenoxy) is 4. The van der Waals surface area contributed by atoms with Crippen molar-refractivity contribution in [1.29, 1.82) is 0 Å². The van der Waals surface area contributed by atoms with Crippen LogP contribution in [0.2, 0.25) is 0 Å². The lowest BCUT2D eigenvalue weighted by molar-refractivity contribution is -0.0668. The minimum absolute atomic E-state index is 0.0729. The maximum absolute atomic E-state index is 11.3. The lowest BCUT2D eigenvalue weighted by Crippen LogP contribution is -2.39. The normalized spacial score (nSPS) is 12.5. The van der Waals surface area contributed by atoms with E-state index in [0.29, 0.717) is 6.42 Å². The average molecular weight is 278 g/mol. The molecule has 0 aromatic heterocycles. The maximum atomic E-state index is 11.3. The average Bonchev–Trinajstić information content (AvgIpc) is 2.35. The van der Waals surface area contributed by atoms with Gasteiger partial charge in [-0.1, -0.05) is 6.92 Å². The molecular formula is C12H22O7. The van der Waals surface area contributed by atoms with E-state index < -0.39 is 17.9 Å². The van der Waals surface area contributed by atoms with Crippen LogP contribution in [-0.2, 0) is 18.9 Å². The first-order valence-corrected chi connectivity index (χ1v) is 6.04. The molecule has 0 heterocycles. The van der Waals surface area contributed by atoms with Crippen LogP contribution in [-0.4, -0.2) is 49.9 Å². The van der Waals surface area contributed by atoms with E-state index in [2.05, 4.69) is 9.47 Å². The molecule has 1 N–H and O–H groups in total. The highest BCUT2D eigenvalue weighted by atomic mass is 16.7. The Morgan fingerprint density at radius 1 is 1.21 bits per heavy atom. The number of rotatable bonds is 7. The van der Waals surface area contributed by atoms with Crippen LogP contribution < -0.4 is 0 Å². The fourth-order valence-electron chi connectivity index (χ4n) is 1.49. The van der Waals surface area contributed by atoms with Gasteiger partial charge in [0.05, 0.1) is 13.7 Å². The first-order valence-electron chi connectivity index (χ1n) is 6.04. The van der Waals surface area contributed by atoms with Crippen LogP contribution in [0.3, 0.4) is 0 Å². The van der Waals surface area contributed by atoms with Crippen molar-refractivity contribution in [3.8, 4) is 0 Å². The van der Waals surface area contributed by atoms with Gasteiger partial charge in [0.1, 0.15) is 18.8 Å². The Hall–Kier alpha value is -1.50. The van der Waals surface area contributed by atoms with Gasteiger partial charge in [-0.25, -0.2) is 9.59 Å². The number of aliphatic hydroxyl groups excluding tert-OH is 1. The Kier molecular flexibility index (Phi) is 7.90. The molecule has 0 aromatic carbocycles. The summed E-state index contributed by atoms with van der Waals surface area (Å²) in [6.45, 7) is 4.96. The Morgan fingerprint density at radius 2 is 1.84 bits per heavy atom. The van der Waals surface area contributed by atoms with E-state index in [1.54, 1.807) is 13.8 Å². The van der Waals surface area contributed by atoms with Crippen molar-refractivity contribution in [3.05, 3.63) is 0 Å². The molecule has 0 fully saturated rings. The largest absolute Gasteiger partial charge is 0.508 e. The molecule has 0 aliphatic carbocycles. The zero-order chi connectivity index (χ0) is 14.9. The molecule has 1 atom stereocenters. The molecule has 0 aliphatic heterocycles. The Labute approximate surface area is 112 Å². The minimum atomic E-state index is -0.866. The maximum Gasteiger partial charge on any atom is 0.508 e. The third-order valence-corrected chi connectivity index (χ3v) is 2.70. The molecule has 0 aromatic rings. The molecule has 0 radical (unpaired) electrons. The summed E-state index contributed by atoms with van der Waals surface area (Å²) in [6, 6.07) is 0. The second kappa shape index (κ2) is 8.58. The molecule has 7 nitrogen and oxygen atoms in total. The first kappa shape index (κ1) is 17.5. The van der Waals surface area contributed by atoms with Gasteiger partial charge in [0.2, 0.25) is 0 Å². The molecule has 1 unspecified atom stereocenters. The quantitative estimate of drug-likeness (QED) is 0.709. The number of carbonyl (C=O) groups excluding carboxylic acids is 2. The molecule has 112 valence electrons. The highest BCUT2D eigenvalue weighted by Crippen LogP contribution is 2.25. The summed E-state index contributed by atoms with van der Waals surface area (Å²) in [5.41, 5.74) is -0.866. The van der Waals surface area contributed by atoms with Gasteiger partial charge < -0.3 is 24.1 Å². The van der Waals surface area contributed by atoms with Crippen LogP contribution >= 0.6 is 0 Å². The van der Waals surface area contributed by atoms with Gasteiger partial charge in [0, 0.05) is 5.92 Å². The molecule has 0 spiro atoms. The SMILES string of the molecule is CCC(COC(=O)OC)C(C)(C)OC(=O)OCCO. The summed E-state index contributed by atoms with van der Waals surface area (Å²) in [6.07, 6.45) is -1.01. The molecule has 0 bridgehead atoms. The lowest BCUT2D eigenvalue weighted by atomic mass is 9.89. The predicted octanol–water partition coefficient (Wildman–Crippen LogP) is 1.72. The van der Waals surface area contributed by atoms with Gasteiger partial charge >= 0.3 is 12.3 Å². The van der Waals surface area contributed by atoms with Crippen molar-refractivity contribution in [1.82, 2.24) is 0 Å². The monoisotopic (exact) mass is 278 g/mol. The van der Waals surface area contributed by atoms with E-state index >= 15 is 0 Å². The second-order valence-corrected chi connectivity index (χ2v) is 4.40. The molecule has 19 heavy (non-hydrogen) atoms. The van der Waals surface area contributed by atoms with E-state index in [-0.39, 0.29) is 25.7 Å². The van der Waals surface area contributed by atoms with Crippen LogP contribution in [0.5, 0.6) is 0 Å². The molecule has 0 saturated heterocycles. The van der Waals surface area contributed by atoms with Crippen LogP contribution in [0.1, 0.15) is 27.2 Å².